The van der Waals surface area contributed by atoms with Crippen molar-refractivity contribution >= 4 is 11.0 Å². The highest BCUT2D eigenvalue weighted by Gasteiger charge is 2.18. The molecule has 2 aromatic heterocycles. The highest BCUT2D eigenvalue weighted by molar-refractivity contribution is 5.92. The summed E-state index contributed by atoms with van der Waals surface area (Å²) in [5.41, 5.74) is 5.80. The van der Waals surface area contributed by atoms with Gasteiger partial charge in [-0.1, -0.05) is 24.3 Å². The first kappa shape index (κ1) is 8.05. The molecule has 3 aromatic rings. The van der Waals surface area contributed by atoms with Gasteiger partial charge in [-0.3, -0.25) is 0 Å². The number of hydrogen-bond acceptors (Lipinski definition) is 2. The Labute approximate surface area is 92.4 Å². The number of hydrogen-bond donors (Lipinski definition) is 0. The molecule has 3 nitrogen and oxygen atoms in total. The van der Waals surface area contributed by atoms with Crippen molar-refractivity contribution < 1.29 is 0 Å². The Kier molecular flexibility index (Phi) is 1.36. The summed E-state index contributed by atoms with van der Waals surface area (Å²) in [6, 6.07) is 10.5. The van der Waals surface area contributed by atoms with Gasteiger partial charge in [-0.15, -0.1) is 0 Å². The summed E-state index contributed by atoms with van der Waals surface area (Å²) in [6.07, 6.45) is 3.73. The van der Waals surface area contributed by atoms with E-state index >= 15 is 0 Å². The van der Waals surface area contributed by atoms with Gasteiger partial charge in [-0.25, -0.2) is 9.97 Å². The van der Waals surface area contributed by atoms with Crippen LogP contribution in [0.5, 0.6) is 0 Å². The smallest absolute Gasteiger partial charge is 0.116 e. The molecule has 4 rings (SSSR count). The fourth-order valence-electron chi connectivity index (χ4n) is 2.43. The summed E-state index contributed by atoms with van der Waals surface area (Å²) in [5.74, 6) is 0. The van der Waals surface area contributed by atoms with Crippen molar-refractivity contribution in [2.75, 3.05) is 0 Å². The minimum absolute atomic E-state index is 0.917. The predicted molar refractivity (Wildman–Crippen MR) is 62.1 cm³/mol. The molecule has 0 saturated carbocycles. The molecule has 0 bridgehead atoms. The maximum absolute atomic E-state index is 4.42. The third-order valence-corrected chi connectivity index (χ3v) is 3.16. The van der Waals surface area contributed by atoms with Crippen molar-refractivity contribution in [1.29, 1.82) is 0 Å². The van der Waals surface area contributed by atoms with Gasteiger partial charge in [0.2, 0.25) is 0 Å². The number of rotatable bonds is 0. The molecule has 3 heterocycles. The van der Waals surface area contributed by atoms with E-state index in [4.69, 9.17) is 0 Å². The van der Waals surface area contributed by atoms with E-state index < -0.39 is 0 Å². The number of aromatic nitrogens is 3. The highest BCUT2D eigenvalue weighted by Crippen LogP contribution is 2.33. The summed E-state index contributed by atoms with van der Waals surface area (Å²) in [6.45, 7) is 0.917. The zero-order chi connectivity index (χ0) is 10.5. The molecule has 16 heavy (non-hydrogen) atoms. The summed E-state index contributed by atoms with van der Waals surface area (Å²) in [5, 5.41) is 0. The van der Waals surface area contributed by atoms with Gasteiger partial charge in [0, 0.05) is 18.3 Å². The van der Waals surface area contributed by atoms with Gasteiger partial charge < -0.3 is 4.57 Å². The predicted octanol–water partition coefficient (Wildman–Crippen LogP) is 2.46. The summed E-state index contributed by atoms with van der Waals surface area (Å²) < 4.78 is 2.22. The molecule has 0 amide bonds. The molecule has 1 aliphatic heterocycles. The molecule has 0 N–H and O–H groups in total. The van der Waals surface area contributed by atoms with Crippen LogP contribution in [-0.4, -0.2) is 14.5 Å². The summed E-state index contributed by atoms with van der Waals surface area (Å²) >= 11 is 0. The maximum Gasteiger partial charge on any atom is 0.116 e. The molecule has 1 aromatic carbocycles. The van der Waals surface area contributed by atoms with Crippen LogP contribution in [0.1, 0.15) is 5.56 Å². The zero-order valence-electron chi connectivity index (χ0n) is 8.59. The van der Waals surface area contributed by atoms with Gasteiger partial charge in [-0.05, 0) is 11.6 Å². The van der Waals surface area contributed by atoms with E-state index in [0.717, 1.165) is 23.3 Å². The minimum Gasteiger partial charge on any atom is -0.340 e. The Morgan fingerprint density at radius 1 is 1.06 bits per heavy atom. The van der Waals surface area contributed by atoms with Crippen molar-refractivity contribution in [3.63, 3.8) is 0 Å². The number of fused-ring (bicyclic) bond motifs is 2. The normalized spacial score (nSPS) is 12.8. The summed E-state index contributed by atoms with van der Waals surface area (Å²) in [4.78, 5) is 8.70. The Bertz CT molecular complexity index is 697. The Balaban J connectivity index is 2.22. The maximum atomic E-state index is 4.42. The van der Waals surface area contributed by atoms with Gasteiger partial charge in [0.15, 0.2) is 0 Å². The standard InChI is InChI=1S/C13H9N3/c1-2-4-10-9(3-1)7-16-6-5-11-13(16)12(10)15-8-14-11/h1-6,8H,7H2. The average Bonchev–Trinajstić information content (AvgIpc) is 2.75. The highest BCUT2D eigenvalue weighted by atomic mass is 15.0. The lowest BCUT2D eigenvalue weighted by Crippen LogP contribution is -2.07. The second-order valence-electron chi connectivity index (χ2n) is 4.06. The molecular formula is C13H9N3. The lowest BCUT2D eigenvalue weighted by atomic mass is 10.0. The van der Waals surface area contributed by atoms with Gasteiger partial charge in [0.1, 0.15) is 6.33 Å². The van der Waals surface area contributed by atoms with Crippen LogP contribution < -0.4 is 0 Å². The van der Waals surface area contributed by atoms with Crippen LogP contribution in [-0.2, 0) is 6.54 Å². The largest absolute Gasteiger partial charge is 0.340 e. The van der Waals surface area contributed by atoms with Crippen molar-refractivity contribution in [2.45, 2.75) is 6.54 Å². The van der Waals surface area contributed by atoms with Crippen LogP contribution >= 0.6 is 0 Å². The molecule has 0 aliphatic carbocycles. The van der Waals surface area contributed by atoms with Crippen LogP contribution in [0.3, 0.4) is 0 Å². The van der Waals surface area contributed by atoms with E-state index in [2.05, 4.69) is 45.0 Å². The fourth-order valence-corrected chi connectivity index (χ4v) is 2.43. The van der Waals surface area contributed by atoms with E-state index in [0.29, 0.717) is 0 Å². The first-order valence-corrected chi connectivity index (χ1v) is 5.31. The van der Waals surface area contributed by atoms with E-state index in [1.54, 1.807) is 6.33 Å². The average molecular weight is 207 g/mol. The lowest BCUT2D eigenvalue weighted by Gasteiger charge is -2.17. The van der Waals surface area contributed by atoms with Crippen LogP contribution in [0.2, 0.25) is 0 Å². The van der Waals surface area contributed by atoms with Crippen molar-refractivity contribution in [2.24, 2.45) is 0 Å². The molecule has 0 saturated heterocycles. The van der Waals surface area contributed by atoms with Crippen molar-refractivity contribution in [1.82, 2.24) is 14.5 Å². The Morgan fingerprint density at radius 2 is 2.00 bits per heavy atom. The first-order chi connectivity index (χ1) is 7.93. The van der Waals surface area contributed by atoms with Gasteiger partial charge in [-0.2, -0.15) is 0 Å². The second-order valence-corrected chi connectivity index (χ2v) is 4.06. The molecular weight excluding hydrogens is 198 g/mol. The Morgan fingerprint density at radius 3 is 3.00 bits per heavy atom. The van der Waals surface area contributed by atoms with Crippen LogP contribution in [0.25, 0.3) is 22.3 Å². The molecule has 76 valence electrons. The van der Waals surface area contributed by atoms with Crippen molar-refractivity contribution in [3.8, 4) is 11.3 Å². The number of benzene rings is 1. The van der Waals surface area contributed by atoms with Gasteiger partial charge in [0.05, 0.1) is 16.7 Å². The zero-order valence-corrected chi connectivity index (χ0v) is 8.59. The molecule has 0 atom stereocenters. The van der Waals surface area contributed by atoms with Crippen molar-refractivity contribution in [3.05, 3.63) is 48.4 Å². The first-order valence-electron chi connectivity index (χ1n) is 5.31. The second kappa shape index (κ2) is 2.70. The molecule has 1 aliphatic rings. The molecule has 0 unspecified atom stereocenters. The summed E-state index contributed by atoms with van der Waals surface area (Å²) in [7, 11) is 0. The van der Waals surface area contributed by atoms with Gasteiger partial charge in [0.25, 0.3) is 0 Å². The Hall–Kier alpha value is -2.16. The fraction of sp³-hybridized carbons (Fsp3) is 0.0769. The van der Waals surface area contributed by atoms with E-state index in [-0.39, 0.29) is 0 Å². The van der Waals surface area contributed by atoms with E-state index in [1.165, 1.54) is 11.1 Å². The number of nitrogens with zero attached hydrogens (tertiary/aromatic N) is 3. The topological polar surface area (TPSA) is 30.7 Å². The lowest BCUT2D eigenvalue weighted by molar-refractivity contribution is 0.824. The molecule has 0 spiro atoms. The third-order valence-electron chi connectivity index (χ3n) is 3.16. The van der Waals surface area contributed by atoms with Crippen LogP contribution in [0.4, 0.5) is 0 Å². The van der Waals surface area contributed by atoms with E-state index in [1.807, 2.05) is 6.07 Å². The monoisotopic (exact) mass is 207 g/mol. The third kappa shape index (κ3) is 0.877. The van der Waals surface area contributed by atoms with E-state index in [9.17, 15) is 0 Å². The quantitative estimate of drug-likeness (QED) is 0.443. The van der Waals surface area contributed by atoms with Gasteiger partial charge >= 0.3 is 0 Å². The SMILES string of the molecule is c1ccc2c(c1)Cn1ccc3ncnc-2c31. The minimum atomic E-state index is 0.917. The molecule has 0 fully saturated rings. The van der Waals surface area contributed by atoms with Crippen LogP contribution in [0, 0.1) is 0 Å². The van der Waals surface area contributed by atoms with Crippen LogP contribution in [0.15, 0.2) is 42.9 Å². The molecule has 3 heteroatoms. The molecule has 0 radical (unpaired) electrons.